The van der Waals surface area contributed by atoms with Crippen LogP contribution < -0.4 is 4.90 Å². The Morgan fingerprint density at radius 1 is 1.18 bits per heavy atom. The van der Waals surface area contributed by atoms with E-state index in [0.29, 0.717) is 0 Å². The fourth-order valence-corrected chi connectivity index (χ4v) is 1.12. The third kappa shape index (κ3) is 2.26. The molecule has 0 aliphatic heterocycles. The van der Waals surface area contributed by atoms with Crippen LogP contribution in [0.15, 0.2) is 30.3 Å². The van der Waals surface area contributed by atoms with Crippen molar-refractivity contribution in [3.05, 3.63) is 35.9 Å². The molecular weight excluding hydrogens is 201 g/mol. The molecule has 0 amide bonds. The van der Waals surface area contributed by atoms with E-state index in [9.17, 15) is 0 Å². The molecule has 0 atom stereocenters. The van der Waals surface area contributed by atoms with E-state index >= 15 is 0 Å². The first-order valence-electron chi connectivity index (χ1n) is 3.48. The molecule has 0 aliphatic rings. The molecular formula is C9H11NSe+. The quantitative estimate of drug-likeness (QED) is 0.503. The Kier molecular flexibility index (Phi) is 3.01. The van der Waals surface area contributed by atoms with Crippen molar-refractivity contribution < 1.29 is 0 Å². The van der Waals surface area contributed by atoms with Gasteiger partial charge in [0.1, 0.15) is 0 Å². The summed E-state index contributed by atoms with van der Waals surface area (Å²) in [6.07, 6.45) is 0. The molecule has 0 saturated heterocycles. The Morgan fingerprint density at radius 2 is 1.73 bits per heavy atom. The molecule has 0 aliphatic carbocycles. The molecule has 0 N–H and O–H groups in total. The van der Waals surface area contributed by atoms with Crippen LogP contribution in [0, 0.1) is 0 Å². The number of nitrogens with zero attached hydrogens (tertiary/aromatic N) is 1. The second-order valence-electron chi connectivity index (χ2n) is 2.57. The average molecular weight is 212 g/mol. The van der Waals surface area contributed by atoms with Gasteiger partial charge < -0.3 is 0 Å². The Balaban J connectivity index is 2.86. The van der Waals surface area contributed by atoms with E-state index in [1.807, 2.05) is 32.3 Å². The minimum atomic E-state index is 1.17. The van der Waals surface area contributed by atoms with Crippen LogP contribution in [0.2, 0.25) is 0 Å². The van der Waals surface area contributed by atoms with Gasteiger partial charge in [-0.25, -0.2) is 0 Å². The van der Waals surface area contributed by atoms with Gasteiger partial charge in [0.05, 0.1) is 0 Å². The van der Waals surface area contributed by atoms with Gasteiger partial charge in [-0.2, -0.15) is 0 Å². The third-order valence-corrected chi connectivity index (χ3v) is 2.69. The van der Waals surface area contributed by atoms with Crippen molar-refractivity contribution >= 4 is 20.1 Å². The van der Waals surface area contributed by atoms with Crippen molar-refractivity contribution in [2.45, 2.75) is 0 Å². The first-order chi connectivity index (χ1) is 5.22. The predicted molar refractivity (Wildman–Crippen MR) is 50.3 cm³/mol. The summed E-state index contributed by atoms with van der Waals surface area (Å²) < 4.78 is 1.17. The van der Waals surface area contributed by atoms with Gasteiger partial charge in [-0.15, -0.1) is 0 Å². The number of hydrogen-bond acceptors (Lipinski definition) is 1. The van der Waals surface area contributed by atoms with E-state index in [1.165, 1.54) is 10.1 Å². The normalized spacial score (nSPS) is 10.1. The zero-order valence-electron chi connectivity index (χ0n) is 6.74. The molecule has 1 nitrogen and oxygen atoms in total. The molecule has 1 radical (unpaired) electrons. The van der Waals surface area contributed by atoms with Crippen LogP contribution in [0.5, 0.6) is 0 Å². The molecule has 1 aromatic carbocycles. The molecule has 0 spiro atoms. The molecule has 0 aromatic heterocycles. The van der Waals surface area contributed by atoms with Crippen molar-refractivity contribution in [3.63, 3.8) is 0 Å². The van der Waals surface area contributed by atoms with E-state index in [0.717, 1.165) is 0 Å². The molecule has 1 rings (SSSR count). The Morgan fingerprint density at radius 3 is 2.18 bits per heavy atom. The fraction of sp³-hybridized carbons (Fsp3) is 0.222. The molecule has 0 fully saturated rings. The third-order valence-electron chi connectivity index (χ3n) is 1.43. The van der Waals surface area contributed by atoms with Gasteiger partial charge in [0.25, 0.3) is 0 Å². The Bertz CT molecular complexity index is 241. The molecule has 2 heteroatoms. The van der Waals surface area contributed by atoms with E-state index in [2.05, 4.69) is 32.6 Å². The van der Waals surface area contributed by atoms with Crippen LogP contribution in [0.3, 0.4) is 0 Å². The van der Waals surface area contributed by atoms with Gasteiger partial charge in [0, 0.05) is 0 Å². The Hall–Kier alpha value is -0.431. The summed E-state index contributed by atoms with van der Waals surface area (Å²) in [5.41, 5.74) is 1.23. The van der Waals surface area contributed by atoms with Crippen molar-refractivity contribution in [3.8, 4) is 0 Å². The van der Waals surface area contributed by atoms with E-state index < -0.39 is 0 Å². The van der Waals surface area contributed by atoms with Gasteiger partial charge in [0.2, 0.25) is 0 Å². The summed E-state index contributed by atoms with van der Waals surface area (Å²) in [5.74, 6) is 0. The zero-order valence-corrected chi connectivity index (χ0v) is 8.46. The summed E-state index contributed by atoms with van der Waals surface area (Å²) in [4.78, 5) is 2.06. The molecule has 11 heavy (non-hydrogen) atoms. The van der Waals surface area contributed by atoms with E-state index in [-0.39, 0.29) is 0 Å². The van der Waals surface area contributed by atoms with Crippen molar-refractivity contribution in [1.29, 1.82) is 0 Å². The first kappa shape index (κ1) is 8.66. The summed E-state index contributed by atoms with van der Waals surface area (Å²) in [6, 6.07) is 10.3. The van der Waals surface area contributed by atoms with Crippen LogP contribution in [0.4, 0.5) is 0 Å². The molecule has 1 aromatic rings. The van der Waals surface area contributed by atoms with Gasteiger partial charge in [-0.1, -0.05) is 0 Å². The van der Waals surface area contributed by atoms with Gasteiger partial charge in [-0.05, 0) is 0 Å². The number of rotatable bonds is 2. The Labute approximate surface area is 75.4 Å². The molecule has 0 bridgehead atoms. The van der Waals surface area contributed by atoms with E-state index in [1.54, 1.807) is 0 Å². The molecule has 0 saturated carbocycles. The average Bonchev–Trinajstić information content (AvgIpc) is 2.05. The molecule has 0 heterocycles. The van der Waals surface area contributed by atoms with Crippen LogP contribution in [0.1, 0.15) is 5.56 Å². The monoisotopic (exact) mass is 213 g/mol. The first-order valence-corrected chi connectivity index (χ1v) is 4.34. The van der Waals surface area contributed by atoms with Crippen molar-refractivity contribution in [1.82, 2.24) is 4.90 Å². The van der Waals surface area contributed by atoms with E-state index in [4.69, 9.17) is 0 Å². The van der Waals surface area contributed by atoms with Gasteiger partial charge >= 0.3 is 75.0 Å². The van der Waals surface area contributed by atoms with Crippen molar-refractivity contribution in [2.24, 2.45) is 0 Å². The molecule has 57 valence electrons. The van der Waals surface area contributed by atoms with Gasteiger partial charge in [-0.3, -0.25) is 0 Å². The van der Waals surface area contributed by atoms with Gasteiger partial charge in [0.15, 0.2) is 0 Å². The summed E-state index contributed by atoms with van der Waals surface area (Å²) in [7, 11) is 4.05. The summed E-state index contributed by atoms with van der Waals surface area (Å²) >= 11 is 3.04. The predicted octanol–water partition coefficient (Wildman–Crippen LogP) is 0.733. The second kappa shape index (κ2) is 3.82. The van der Waals surface area contributed by atoms with Crippen LogP contribution in [0.25, 0.3) is 0 Å². The second-order valence-corrected chi connectivity index (χ2v) is 3.38. The number of hydrogen-bond donors (Lipinski definition) is 0. The topological polar surface area (TPSA) is 5.90 Å². The zero-order chi connectivity index (χ0) is 8.27. The fourth-order valence-electron chi connectivity index (χ4n) is 0.839. The summed E-state index contributed by atoms with van der Waals surface area (Å²) in [6.45, 7) is 0. The maximum atomic E-state index is 3.04. The standard InChI is InChI=1S/C9H11NSe/c1-10(2)9(11)8-6-4-3-5-7-8/h3-7H,1-2H3/q+1. The van der Waals surface area contributed by atoms with Crippen LogP contribution in [-0.4, -0.2) is 34.2 Å². The minimum absolute atomic E-state index is 1.17. The summed E-state index contributed by atoms with van der Waals surface area (Å²) in [5, 5.41) is 0. The van der Waals surface area contributed by atoms with Crippen LogP contribution in [-0.2, 0) is 0 Å². The SMILES string of the molecule is C[N+](C)C(=[Se])c1ccccc1. The maximum absolute atomic E-state index is 3.04. The van der Waals surface area contributed by atoms with Crippen molar-refractivity contribution in [2.75, 3.05) is 14.1 Å². The number of benzene rings is 1. The van der Waals surface area contributed by atoms with Crippen LogP contribution >= 0.6 is 0 Å². The molecule has 0 unspecified atom stereocenters.